The molecular formula is C18H25NO3. The number of benzene rings is 1. The van der Waals surface area contributed by atoms with Crippen LogP contribution in [0.15, 0.2) is 12.1 Å². The van der Waals surface area contributed by atoms with Gasteiger partial charge in [0.25, 0.3) is 5.91 Å². The van der Waals surface area contributed by atoms with Gasteiger partial charge in [0.1, 0.15) is 0 Å². The highest BCUT2D eigenvalue weighted by Gasteiger charge is 2.31. The Balaban J connectivity index is 2.39. The summed E-state index contributed by atoms with van der Waals surface area (Å²) in [7, 11) is 0. The monoisotopic (exact) mass is 303 g/mol. The van der Waals surface area contributed by atoms with Crippen LogP contribution in [-0.4, -0.2) is 34.5 Å². The molecule has 2 rings (SSSR count). The lowest BCUT2D eigenvalue weighted by Crippen LogP contribution is -2.45. The molecule has 1 heterocycles. The topological polar surface area (TPSA) is 57.6 Å². The van der Waals surface area contributed by atoms with E-state index in [9.17, 15) is 14.7 Å². The normalized spacial score (nSPS) is 14.4. The first-order valence-corrected chi connectivity index (χ1v) is 8.17. The van der Waals surface area contributed by atoms with Crippen LogP contribution in [0.1, 0.15) is 71.4 Å². The van der Waals surface area contributed by atoms with Crippen molar-refractivity contribution in [1.82, 2.24) is 4.90 Å². The SMILES string of the molecule is CCCC(CCC)N1CCc2c(C(=O)O)cc(C)cc2C1=O. The fraction of sp³-hybridized carbons (Fsp3) is 0.556. The van der Waals surface area contributed by atoms with Gasteiger partial charge in [-0.05, 0) is 49.4 Å². The van der Waals surface area contributed by atoms with Crippen LogP contribution >= 0.6 is 0 Å². The molecule has 4 heteroatoms. The molecule has 22 heavy (non-hydrogen) atoms. The van der Waals surface area contributed by atoms with Crippen LogP contribution in [0.2, 0.25) is 0 Å². The number of carbonyl (C=O) groups is 2. The van der Waals surface area contributed by atoms with Gasteiger partial charge >= 0.3 is 5.97 Å². The first kappa shape index (κ1) is 16.5. The number of aromatic carboxylic acids is 1. The maximum absolute atomic E-state index is 12.9. The molecule has 0 radical (unpaired) electrons. The summed E-state index contributed by atoms with van der Waals surface area (Å²) >= 11 is 0. The third kappa shape index (κ3) is 3.16. The first-order chi connectivity index (χ1) is 10.5. The molecule has 0 aromatic heterocycles. The number of carboxylic acids is 1. The number of nitrogens with zero attached hydrogens (tertiary/aromatic N) is 1. The molecule has 1 aliphatic heterocycles. The summed E-state index contributed by atoms with van der Waals surface area (Å²) in [5.41, 5.74) is 2.39. The van der Waals surface area contributed by atoms with Gasteiger partial charge in [-0.3, -0.25) is 4.79 Å². The number of hydrogen-bond donors (Lipinski definition) is 1. The lowest BCUT2D eigenvalue weighted by atomic mass is 9.90. The summed E-state index contributed by atoms with van der Waals surface area (Å²) in [6.07, 6.45) is 4.75. The number of aryl methyl sites for hydroxylation is 1. The maximum Gasteiger partial charge on any atom is 0.335 e. The highest BCUT2D eigenvalue weighted by atomic mass is 16.4. The van der Waals surface area contributed by atoms with Gasteiger partial charge in [-0.2, -0.15) is 0 Å². The van der Waals surface area contributed by atoms with Gasteiger partial charge in [-0.15, -0.1) is 0 Å². The van der Waals surface area contributed by atoms with Crippen LogP contribution in [0.4, 0.5) is 0 Å². The molecule has 0 fully saturated rings. The van der Waals surface area contributed by atoms with Crippen LogP contribution in [0.25, 0.3) is 0 Å². The van der Waals surface area contributed by atoms with E-state index in [2.05, 4.69) is 13.8 Å². The zero-order chi connectivity index (χ0) is 16.3. The van der Waals surface area contributed by atoms with E-state index in [0.717, 1.165) is 31.2 Å². The summed E-state index contributed by atoms with van der Waals surface area (Å²) in [6, 6.07) is 3.77. The second-order valence-electron chi connectivity index (χ2n) is 6.12. The smallest absolute Gasteiger partial charge is 0.335 e. The van der Waals surface area contributed by atoms with Crippen molar-refractivity contribution >= 4 is 11.9 Å². The molecule has 1 N–H and O–H groups in total. The molecule has 4 nitrogen and oxygen atoms in total. The van der Waals surface area contributed by atoms with Crippen LogP contribution in [0.5, 0.6) is 0 Å². The summed E-state index contributed by atoms with van der Waals surface area (Å²) in [4.78, 5) is 26.3. The Labute approximate surface area is 132 Å². The molecule has 1 amide bonds. The van der Waals surface area contributed by atoms with Crippen molar-refractivity contribution in [3.05, 3.63) is 34.4 Å². The van der Waals surface area contributed by atoms with Crippen LogP contribution < -0.4 is 0 Å². The van der Waals surface area contributed by atoms with E-state index in [4.69, 9.17) is 0 Å². The van der Waals surface area contributed by atoms with E-state index < -0.39 is 5.97 Å². The van der Waals surface area contributed by atoms with Gasteiger partial charge in [0.2, 0.25) is 0 Å². The molecule has 0 aliphatic carbocycles. The predicted octanol–water partition coefficient (Wildman–Crippen LogP) is 3.66. The van der Waals surface area contributed by atoms with Gasteiger partial charge in [0.15, 0.2) is 0 Å². The van der Waals surface area contributed by atoms with Crippen molar-refractivity contribution in [2.75, 3.05) is 6.54 Å². The Hall–Kier alpha value is -1.84. The molecule has 0 atom stereocenters. The first-order valence-electron chi connectivity index (χ1n) is 8.17. The second kappa shape index (κ2) is 6.95. The van der Waals surface area contributed by atoms with E-state index in [0.29, 0.717) is 24.1 Å². The number of rotatable bonds is 6. The standard InChI is InChI=1S/C18H25NO3/c1-4-6-13(7-5-2)19-9-8-14-15(17(19)20)10-12(3)11-16(14)18(21)22/h10-11,13H,4-9H2,1-3H3,(H,21,22). The van der Waals surface area contributed by atoms with E-state index >= 15 is 0 Å². The largest absolute Gasteiger partial charge is 0.478 e. The Morgan fingerprint density at radius 1 is 1.27 bits per heavy atom. The average Bonchev–Trinajstić information content (AvgIpc) is 2.47. The van der Waals surface area contributed by atoms with Crippen molar-refractivity contribution in [3.63, 3.8) is 0 Å². The van der Waals surface area contributed by atoms with E-state index in [1.807, 2.05) is 17.9 Å². The fourth-order valence-corrected chi connectivity index (χ4v) is 3.43. The Morgan fingerprint density at radius 2 is 1.91 bits per heavy atom. The summed E-state index contributed by atoms with van der Waals surface area (Å²) < 4.78 is 0. The van der Waals surface area contributed by atoms with Gasteiger partial charge in [0.05, 0.1) is 5.56 Å². The third-order valence-electron chi connectivity index (χ3n) is 4.40. The minimum atomic E-state index is -0.945. The second-order valence-corrected chi connectivity index (χ2v) is 6.12. The fourth-order valence-electron chi connectivity index (χ4n) is 3.43. The molecule has 1 aliphatic rings. The molecule has 120 valence electrons. The Morgan fingerprint density at radius 3 is 2.45 bits per heavy atom. The molecule has 0 saturated carbocycles. The van der Waals surface area contributed by atoms with Crippen molar-refractivity contribution in [2.24, 2.45) is 0 Å². The van der Waals surface area contributed by atoms with Crippen LogP contribution in [-0.2, 0) is 6.42 Å². The molecular weight excluding hydrogens is 278 g/mol. The van der Waals surface area contributed by atoms with Crippen molar-refractivity contribution in [3.8, 4) is 0 Å². The van der Waals surface area contributed by atoms with Gasteiger partial charge in [-0.25, -0.2) is 4.79 Å². The number of fused-ring (bicyclic) bond motifs is 1. The molecule has 0 bridgehead atoms. The number of hydrogen-bond acceptors (Lipinski definition) is 2. The number of carboxylic acid groups (broad SMARTS) is 1. The van der Waals surface area contributed by atoms with Gasteiger partial charge < -0.3 is 10.0 Å². The maximum atomic E-state index is 12.9. The zero-order valence-corrected chi connectivity index (χ0v) is 13.7. The minimum Gasteiger partial charge on any atom is -0.478 e. The third-order valence-corrected chi connectivity index (χ3v) is 4.40. The van der Waals surface area contributed by atoms with E-state index in [1.165, 1.54) is 0 Å². The Kier molecular flexibility index (Phi) is 5.22. The van der Waals surface area contributed by atoms with Crippen LogP contribution in [0.3, 0.4) is 0 Å². The van der Waals surface area contributed by atoms with Gasteiger partial charge in [-0.1, -0.05) is 26.7 Å². The molecule has 0 unspecified atom stereocenters. The van der Waals surface area contributed by atoms with Gasteiger partial charge in [0, 0.05) is 18.2 Å². The summed E-state index contributed by atoms with van der Waals surface area (Å²) in [6.45, 7) is 6.74. The Bertz CT molecular complexity index is 574. The van der Waals surface area contributed by atoms with Crippen LogP contribution in [0, 0.1) is 6.92 Å². The molecule has 1 aromatic carbocycles. The quantitative estimate of drug-likeness (QED) is 0.872. The average molecular weight is 303 g/mol. The number of carbonyl (C=O) groups excluding carboxylic acids is 1. The number of amides is 1. The van der Waals surface area contributed by atoms with E-state index in [1.54, 1.807) is 6.07 Å². The predicted molar refractivity (Wildman–Crippen MR) is 86.5 cm³/mol. The van der Waals surface area contributed by atoms with Crippen molar-refractivity contribution in [2.45, 2.75) is 58.9 Å². The lowest BCUT2D eigenvalue weighted by molar-refractivity contribution is 0.0635. The highest BCUT2D eigenvalue weighted by molar-refractivity contribution is 6.01. The van der Waals surface area contributed by atoms with Crippen molar-refractivity contribution < 1.29 is 14.7 Å². The molecule has 0 spiro atoms. The minimum absolute atomic E-state index is 0.000602. The lowest BCUT2D eigenvalue weighted by Gasteiger charge is -2.36. The zero-order valence-electron chi connectivity index (χ0n) is 13.7. The summed E-state index contributed by atoms with van der Waals surface area (Å²) in [5, 5.41) is 9.37. The van der Waals surface area contributed by atoms with E-state index in [-0.39, 0.29) is 17.5 Å². The van der Waals surface area contributed by atoms with Crippen molar-refractivity contribution in [1.29, 1.82) is 0 Å². The summed E-state index contributed by atoms with van der Waals surface area (Å²) in [5.74, 6) is -0.945. The molecule has 1 aromatic rings. The highest BCUT2D eigenvalue weighted by Crippen LogP contribution is 2.27. The molecule has 0 saturated heterocycles.